The van der Waals surface area contributed by atoms with E-state index in [0.717, 1.165) is 19.5 Å². The van der Waals surface area contributed by atoms with E-state index in [-0.39, 0.29) is 5.82 Å². The minimum absolute atomic E-state index is 0.240. The zero-order valence-electron chi connectivity index (χ0n) is 9.88. The molecule has 1 saturated heterocycles. The number of anilines is 1. The van der Waals surface area contributed by atoms with E-state index in [4.69, 9.17) is 11.6 Å². The Morgan fingerprint density at radius 2 is 2.06 bits per heavy atom. The highest BCUT2D eigenvalue weighted by Crippen LogP contribution is 2.19. The highest BCUT2D eigenvalue weighted by Gasteiger charge is 2.10. The number of nitrogens with zero attached hydrogens (tertiary/aromatic N) is 1. The van der Waals surface area contributed by atoms with Crippen molar-refractivity contribution < 1.29 is 4.39 Å². The van der Waals surface area contributed by atoms with Crippen LogP contribution in [0.3, 0.4) is 0 Å². The molecule has 0 bridgehead atoms. The van der Waals surface area contributed by atoms with Gasteiger partial charge in [0.05, 0.1) is 5.69 Å². The Balaban J connectivity index is 1.72. The fourth-order valence-corrected chi connectivity index (χ4v) is 2.34. The maximum absolute atomic E-state index is 13.4. The van der Waals surface area contributed by atoms with Crippen LogP contribution in [0.4, 0.5) is 10.1 Å². The molecule has 1 aliphatic heterocycles. The lowest BCUT2D eigenvalue weighted by atomic mass is 10.3. The number of likely N-dealkylation sites (tertiary alicyclic amines) is 1. The smallest absolute Gasteiger partial charge is 0.146 e. The second kappa shape index (κ2) is 6.22. The molecule has 0 unspecified atom stereocenters. The van der Waals surface area contributed by atoms with Gasteiger partial charge in [-0.3, -0.25) is 0 Å². The summed E-state index contributed by atoms with van der Waals surface area (Å²) in [5.41, 5.74) is 0.499. The van der Waals surface area contributed by atoms with Crippen LogP contribution in [0.25, 0.3) is 0 Å². The number of halogens is 2. The standard InChI is InChI=1S/C13H18ClFN2/c14-11-4-5-12(15)13(10-11)16-6-3-9-17-7-1-2-8-17/h4-5,10,16H,1-3,6-9H2. The van der Waals surface area contributed by atoms with Gasteiger partial charge in [0, 0.05) is 11.6 Å². The van der Waals surface area contributed by atoms with E-state index < -0.39 is 0 Å². The first-order valence-corrected chi connectivity index (χ1v) is 6.55. The van der Waals surface area contributed by atoms with Crippen molar-refractivity contribution in [3.05, 3.63) is 29.0 Å². The molecule has 1 aromatic carbocycles. The zero-order chi connectivity index (χ0) is 12.1. The van der Waals surface area contributed by atoms with Gasteiger partial charge < -0.3 is 10.2 Å². The molecule has 17 heavy (non-hydrogen) atoms. The summed E-state index contributed by atoms with van der Waals surface area (Å²) in [6, 6.07) is 4.59. The molecule has 1 fully saturated rings. The molecule has 0 atom stereocenters. The first-order valence-electron chi connectivity index (χ1n) is 6.17. The fourth-order valence-electron chi connectivity index (χ4n) is 2.16. The first-order chi connectivity index (χ1) is 8.25. The molecular formula is C13H18ClFN2. The Morgan fingerprint density at radius 1 is 1.29 bits per heavy atom. The third-order valence-electron chi connectivity index (χ3n) is 3.09. The monoisotopic (exact) mass is 256 g/mol. The summed E-state index contributed by atoms with van der Waals surface area (Å²) in [6.07, 6.45) is 3.67. The van der Waals surface area contributed by atoms with Crippen LogP contribution >= 0.6 is 11.6 Å². The molecule has 0 amide bonds. The maximum Gasteiger partial charge on any atom is 0.146 e. The van der Waals surface area contributed by atoms with Crippen molar-refractivity contribution in [1.29, 1.82) is 0 Å². The van der Waals surface area contributed by atoms with Crippen LogP contribution in [0.1, 0.15) is 19.3 Å². The average molecular weight is 257 g/mol. The topological polar surface area (TPSA) is 15.3 Å². The van der Waals surface area contributed by atoms with Crippen LogP contribution in [-0.4, -0.2) is 31.1 Å². The van der Waals surface area contributed by atoms with Gasteiger partial charge >= 0.3 is 0 Å². The van der Waals surface area contributed by atoms with E-state index in [2.05, 4.69) is 10.2 Å². The number of hydrogen-bond donors (Lipinski definition) is 1. The van der Waals surface area contributed by atoms with Gasteiger partial charge in [0.1, 0.15) is 5.82 Å². The van der Waals surface area contributed by atoms with Gasteiger partial charge in [-0.1, -0.05) is 11.6 Å². The van der Waals surface area contributed by atoms with Gasteiger partial charge in [-0.25, -0.2) is 4.39 Å². The van der Waals surface area contributed by atoms with Crippen molar-refractivity contribution in [2.75, 3.05) is 31.5 Å². The van der Waals surface area contributed by atoms with Crippen LogP contribution in [-0.2, 0) is 0 Å². The quantitative estimate of drug-likeness (QED) is 0.813. The van der Waals surface area contributed by atoms with Gasteiger partial charge in [-0.2, -0.15) is 0 Å². The predicted octanol–water partition coefficient (Wildman–Crippen LogP) is 3.38. The third kappa shape index (κ3) is 3.86. The minimum atomic E-state index is -0.240. The highest BCUT2D eigenvalue weighted by atomic mass is 35.5. The molecule has 0 radical (unpaired) electrons. The summed E-state index contributed by atoms with van der Waals surface area (Å²) in [7, 11) is 0. The third-order valence-corrected chi connectivity index (χ3v) is 3.33. The van der Waals surface area contributed by atoms with Crippen LogP contribution in [0.15, 0.2) is 18.2 Å². The van der Waals surface area contributed by atoms with Crippen molar-refractivity contribution in [3.8, 4) is 0 Å². The fraction of sp³-hybridized carbons (Fsp3) is 0.538. The van der Waals surface area contributed by atoms with E-state index in [1.165, 1.54) is 32.0 Å². The van der Waals surface area contributed by atoms with Gasteiger partial charge in [-0.15, -0.1) is 0 Å². The van der Waals surface area contributed by atoms with E-state index >= 15 is 0 Å². The highest BCUT2D eigenvalue weighted by molar-refractivity contribution is 6.30. The van der Waals surface area contributed by atoms with Crippen molar-refractivity contribution in [2.45, 2.75) is 19.3 Å². The van der Waals surface area contributed by atoms with Crippen molar-refractivity contribution in [1.82, 2.24) is 4.90 Å². The Bertz CT molecular complexity index is 364. The summed E-state index contributed by atoms with van der Waals surface area (Å²) in [4.78, 5) is 2.45. The number of benzene rings is 1. The maximum atomic E-state index is 13.4. The van der Waals surface area contributed by atoms with Crippen LogP contribution < -0.4 is 5.32 Å². The first kappa shape index (κ1) is 12.7. The summed E-state index contributed by atoms with van der Waals surface area (Å²) >= 11 is 5.82. The lowest BCUT2D eigenvalue weighted by Crippen LogP contribution is -2.22. The molecule has 0 aliphatic carbocycles. The minimum Gasteiger partial charge on any atom is -0.383 e. The lowest BCUT2D eigenvalue weighted by Gasteiger charge is -2.14. The average Bonchev–Trinajstić information content (AvgIpc) is 2.82. The molecule has 0 aromatic heterocycles. The molecule has 2 nitrogen and oxygen atoms in total. The Morgan fingerprint density at radius 3 is 2.82 bits per heavy atom. The van der Waals surface area contributed by atoms with Crippen molar-refractivity contribution in [3.63, 3.8) is 0 Å². The van der Waals surface area contributed by atoms with Crippen LogP contribution in [0.2, 0.25) is 5.02 Å². The molecule has 0 saturated carbocycles. The Labute approximate surface area is 107 Å². The molecule has 2 rings (SSSR count). The number of nitrogens with one attached hydrogen (secondary N) is 1. The summed E-state index contributed by atoms with van der Waals surface area (Å²) in [6.45, 7) is 4.31. The van der Waals surface area contributed by atoms with Gasteiger partial charge in [0.2, 0.25) is 0 Å². The molecule has 1 aromatic rings. The molecular weight excluding hydrogens is 239 g/mol. The molecule has 4 heteroatoms. The van der Waals surface area contributed by atoms with E-state index in [1.807, 2.05) is 0 Å². The summed E-state index contributed by atoms with van der Waals surface area (Å²) in [5, 5.41) is 3.65. The summed E-state index contributed by atoms with van der Waals surface area (Å²) in [5.74, 6) is -0.240. The van der Waals surface area contributed by atoms with E-state index in [9.17, 15) is 4.39 Å². The SMILES string of the molecule is Fc1ccc(Cl)cc1NCCCN1CCCC1. The van der Waals surface area contributed by atoms with Gasteiger partial charge in [0.25, 0.3) is 0 Å². The molecule has 0 spiro atoms. The Kier molecular flexibility index (Phi) is 4.63. The molecule has 94 valence electrons. The van der Waals surface area contributed by atoms with Crippen LogP contribution in [0.5, 0.6) is 0 Å². The van der Waals surface area contributed by atoms with Gasteiger partial charge in [-0.05, 0) is 57.1 Å². The van der Waals surface area contributed by atoms with Gasteiger partial charge in [0.15, 0.2) is 0 Å². The second-order valence-corrected chi connectivity index (χ2v) is 4.89. The van der Waals surface area contributed by atoms with Crippen molar-refractivity contribution >= 4 is 17.3 Å². The van der Waals surface area contributed by atoms with E-state index in [0.29, 0.717) is 10.7 Å². The number of hydrogen-bond acceptors (Lipinski definition) is 2. The van der Waals surface area contributed by atoms with Crippen LogP contribution in [0, 0.1) is 5.82 Å². The molecule has 1 heterocycles. The largest absolute Gasteiger partial charge is 0.383 e. The molecule has 1 N–H and O–H groups in total. The molecule has 1 aliphatic rings. The lowest BCUT2D eigenvalue weighted by molar-refractivity contribution is 0.337. The normalized spacial score (nSPS) is 16.4. The zero-order valence-corrected chi connectivity index (χ0v) is 10.6. The van der Waals surface area contributed by atoms with E-state index in [1.54, 1.807) is 12.1 Å². The predicted molar refractivity (Wildman–Crippen MR) is 70.2 cm³/mol. The summed E-state index contributed by atoms with van der Waals surface area (Å²) < 4.78 is 13.4. The second-order valence-electron chi connectivity index (χ2n) is 4.45. The van der Waals surface area contributed by atoms with Crippen molar-refractivity contribution in [2.24, 2.45) is 0 Å². The number of rotatable bonds is 5. The Hall–Kier alpha value is -0.800.